The molecule has 5 rings (SSSR count). The van der Waals surface area contributed by atoms with Gasteiger partial charge in [0.1, 0.15) is 5.82 Å². The first kappa shape index (κ1) is 21.0. The van der Waals surface area contributed by atoms with Crippen LogP contribution in [0.15, 0.2) is 60.8 Å². The largest absolute Gasteiger partial charge is 0.493 e. The molecular formula is C23H21FN6O2. The van der Waals surface area contributed by atoms with Crippen molar-refractivity contribution in [3.05, 3.63) is 66.6 Å². The number of hydrogen-bond acceptors (Lipinski definition) is 7. The molecule has 32 heavy (non-hydrogen) atoms. The number of nitrogens with one attached hydrogen (secondary N) is 2. The lowest BCUT2D eigenvalue weighted by Crippen LogP contribution is -2.01. The maximum absolute atomic E-state index is 13.6. The van der Waals surface area contributed by atoms with Crippen molar-refractivity contribution in [2.24, 2.45) is 0 Å². The van der Waals surface area contributed by atoms with Crippen LogP contribution >= 0.6 is 0 Å². The van der Waals surface area contributed by atoms with Crippen molar-refractivity contribution in [2.75, 3.05) is 19.5 Å². The molecule has 0 radical (unpaired) electrons. The van der Waals surface area contributed by atoms with Crippen LogP contribution in [0.2, 0.25) is 0 Å². The Bertz CT molecular complexity index is 1420. The third-order valence-corrected chi connectivity index (χ3v) is 5.00. The number of hydrogen-bond donors (Lipinski definition) is 3. The number of ether oxygens (including phenoxy) is 2. The van der Waals surface area contributed by atoms with E-state index in [1.807, 2.05) is 24.3 Å². The summed E-state index contributed by atoms with van der Waals surface area (Å²) in [4.78, 5) is 9.37. The van der Waals surface area contributed by atoms with Crippen LogP contribution in [0.3, 0.4) is 0 Å². The molecule has 2 aromatic heterocycles. The molecule has 0 fully saturated rings. The van der Waals surface area contributed by atoms with Crippen molar-refractivity contribution >= 4 is 33.4 Å². The molecule has 0 bridgehead atoms. The summed E-state index contributed by atoms with van der Waals surface area (Å²) in [6.45, 7) is 0. The van der Waals surface area contributed by atoms with Crippen LogP contribution in [-0.2, 0) is 0 Å². The van der Waals surface area contributed by atoms with E-state index in [4.69, 9.17) is 14.5 Å². The minimum Gasteiger partial charge on any atom is -0.493 e. The fraction of sp³-hybridized carbons (Fsp3) is 0.0870. The second-order valence-corrected chi connectivity index (χ2v) is 6.93. The SMILES string of the molecule is COc1cc2nc(Nc3cccc(F)c3)nc(-c3ccc4[nH]ncc4c3)c2cc1OC.N. The summed E-state index contributed by atoms with van der Waals surface area (Å²) in [7, 11) is 3.16. The number of aromatic nitrogens is 4. The molecule has 0 spiro atoms. The zero-order valence-electron chi connectivity index (χ0n) is 17.5. The van der Waals surface area contributed by atoms with Crippen LogP contribution in [0.1, 0.15) is 0 Å². The number of nitrogens with zero attached hydrogens (tertiary/aromatic N) is 3. The lowest BCUT2D eigenvalue weighted by molar-refractivity contribution is 0.356. The van der Waals surface area contributed by atoms with Crippen LogP contribution in [0, 0.1) is 5.82 Å². The third kappa shape index (κ3) is 3.77. The summed E-state index contributed by atoms with van der Waals surface area (Å²) in [5.41, 5.74) is 3.73. The molecule has 5 N–H and O–H groups in total. The Balaban J connectivity index is 0.00000245. The Morgan fingerprint density at radius 2 is 1.75 bits per heavy atom. The highest BCUT2D eigenvalue weighted by molar-refractivity contribution is 5.97. The van der Waals surface area contributed by atoms with Gasteiger partial charge in [0.2, 0.25) is 5.95 Å². The van der Waals surface area contributed by atoms with E-state index in [9.17, 15) is 4.39 Å². The normalized spacial score (nSPS) is 10.7. The van der Waals surface area contributed by atoms with Gasteiger partial charge in [-0.05, 0) is 36.4 Å². The standard InChI is InChI=1S/C23H18FN5O2.H3N/c1-30-20-10-17-19(11-21(20)31-2)27-23(26-16-5-3-4-15(24)9-16)28-22(17)13-6-7-18-14(8-13)12-25-29-18;/h3-12H,1-2H3,(H,25,29)(H,26,27,28);1H3. The number of anilines is 2. The molecule has 0 amide bonds. The van der Waals surface area contributed by atoms with E-state index in [1.54, 1.807) is 38.6 Å². The smallest absolute Gasteiger partial charge is 0.228 e. The molecule has 2 heterocycles. The molecule has 0 saturated carbocycles. The van der Waals surface area contributed by atoms with Crippen molar-refractivity contribution in [1.29, 1.82) is 0 Å². The maximum Gasteiger partial charge on any atom is 0.228 e. The molecule has 8 nitrogen and oxygen atoms in total. The predicted molar refractivity (Wildman–Crippen MR) is 122 cm³/mol. The quantitative estimate of drug-likeness (QED) is 0.347. The second-order valence-electron chi connectivity index (χ2n) is 6.93. The number of benzene rings is 3. The van der Waals surface area contributed by atoms with Crippen molar-refractivity contribution in [1.82, 2.24) is 26.3 Å². The summed E-state index contributed by atoms with van der Waals surface area (Å²) in [5, 5.41) is 11.9. The van der Waals surface area contributed by atoms with Gasteiger partial charge in [0.05, 0.1) is 37.1 Å². The van der Waals surface area contributed by atoms with Gasteiger partial charge in [-0.25, -0.2) is 14.4 Å². The first-order valence-corrected chi connectivity index (χ1v) is 9.54. The molecule has 0 aliphatic carbocycles. The van der Waals surface area contributed by atoms with Gasteiger partial charge in [0, 0.05) is 28.1 Å². The van der Waals surface area contributed by atoms with Crippen molar-refractivity contribution in [3.63, 3.8) is 0 Å². The fourth-order valence-corrected chi connectivity index (χ4v) is 3.52. The highest BCUT2D eigenvalue weighted by Gasteiger charge is 2.15. The Morgan fingerprint density at radius 1 is 0.938 bits per heavy atom. The van der Waals surface area contributed by atoms with E-state index < -0.39 is 0 Å². The summed E-state index contributed by atoms with van der Waals surface area (Å²) >= 11 is 0. The van der Waals surface area contributed by atoms with Gasteiger partial charge in [0.25, 0.3) is 0 Å². The van der Waals surface area contributed by atoms with E-state index in [2.05, 4.69) is 20.5 Å². The summed E-state index contributed by atoms with van der Waals surface area (Å²) in [6.07, 6.45) is 1.76. The zero-order valence-corrected chi connectivity index (χ0v) is 17.5. The predicted octanol–water partition coefficient (Wildman–Crippen LogP) is 5.24. The highest BCUT2D eigenvalue weighted by Crippen LogP contribution is 2.37. The Kier molecular flexibility index (Phi) is 5.57. The van der Waals surface area contributed by atoms with Crippen LogP contribution in [0.5, 0.6) is 11.5 Å². The van der Waals surface area contributed by atoms with Crippen LogP contribution < -0.4 is 20.9 Å². The minimum absolute atomic E-state index is 0. The van der Waals surface area contributed by atoms with E-state index in [0.717, 1.165) is 21.9 Å². The third-order valence-electron chi connectivity index (χ3n) is 5.00. The van der Waals surface area contributed by atoms with E-state index in [1.165, 1.54) is 12.1 Å². The van der Waals surface area contributed by atoms with Gasteiger partial charge in [0.15, 0.2) is 11.5 Å². The molecule has 0 atom stereocenters. The van der Waals surface area contributed by atoms with Crippen molar-refractivity contribution < 1.29 is 13.9 Å². The molecule has 5 aromatic rings. The molecule has 0 aliphatic heterocycles. The molecule has 0 aliphatic rings. The Hall–Kier alpha value is -4.24. The van der Waals surface area contributed by atoms with Gasteiger partial charge in [-0.1, -0.05) is 12.1 Å². The lowest BCUT2D eigenvalue weighted by Gasteiger charge is -2.14. The van der Waals surface area contributed by atoms with E-state index >= 15 is 0 Å². The minimum atomic E-state index is -0.345. The first-order chi connectivity index (χ1) is 15.1. The molecule has 0 unspecified atom stereocenters. The Labute approximate surface area is 183 Å². The summed E-state index contributed by atoms with van der Waals surface area (Å²) in [6, 6.07) is 15.7. The van der Waals surface area contributed by atoms with E-state index in [-0.39, 0.29) is 12.0 Å². The number of fused-ring (bicyclic) bond motifs is 2. The average Bonchev–Trinajstić information content (AvgIpc) is 3.25. The van der Waals surface area contributed by atoms with Crippen LogP contribution in [0.25, 0.3) is 33.1 Å². The fourth-order valence-electron chi connectivity index (χ4n) is 3.52. The molecular weight excluding hydrogens is 411 g/mol. The number of methoxy groups -OCH3 is 2. The average molecular weight is 432 g/mol. The second kappa shape index (κ2) is 8.48. The number of rotatable bonds is 5. The highest BCUT2D eigenvalue weighted by atomic mass is 19.1. The van der Waals surface area contributed by atoms with Gasteiger partial charge < -0.3 is 20.9 Å². The first-order valence-electron chi connectivity index (χ1n) is 9.54. The molecule has 3 aromatic carbocycles. The van der Waals surface area contributed by atoms with Gasteiger partial charge >= 0.3 is 0 Å². The molecule has 9 heteroatoms. The summed E-state index contributed by atoms with van der Waals surface area (Å²) < 4.78 is 24.6. The lowest BCUT2D eigenvalue weighted by atomic mass is 10.0. The topological polar surface area (TPSA) is 120 Å². The van der Waals surface area contributed by atoms with Crippen LogP contribution in [-0.4, -0.2) is 34.4 Å². The van der Waals surface area contributed by atoms with E-state index in [0.29, 0.717) is 34.3 Å². The summed E-state index contributed by atoms with van der Waals surface area (Å²) in [5.74, 6) is 1.13. The number of aromatic amines is 1. The number of halogens is 1. The van der Waals surface area contributed by atoms with Crippen molar-refractivity contribution in [2.45, 2.75) is 0 Å². The zero-order chi connectivity index (χ0) is 21.4. The van der Waals surface area contributed by atoms with Gasteiger partial charge in [-0.15, -0.1) is 0 Å². The van der Waals surface area contributed by atoms with Gasteiger partial charge in [-0.3, -0.25) is 5.10 Å². The molecule has 162 valence electrons. The maximum atomic E-state index is 13.6. The van der Waals surface area contributed by atoms with Gasteiger partial charge in [-0.2, -0.15) is 5.10 Å². The number of H-pyrrole nitrogens is 1. The Morgan fingerprint density at radius 3 is 2.53 bits per heavy atom. The van der Waals surface area contributed by atoms with Crippen molar-refractivity contribution in [3.8, 4) is 22.8 Å². The van der Waals surface area contributed by atoms with Crippen LogP contribution in [0.4, 0.5) is 16.0 Å². The monoisotopic (exact) mass is 432 g/mol. The molecule has 0 saturated heterocycles.